The van der Waals surface area contributed by atoms with Crippen LogP contribution in [0.1, 0.15) is 5.82 Å². The Morgan fingerprint density at radius 1 is 1.50 bits per heavy atom. The molecule has 0 amide bonds. The molecule has 0 aliphatic carbocycles. The number of halogens is 1. The molecule has 2 rings (SSSR count). The molecule has 1 aromatic carbocycles. The highest BCUT2D eigenvalue weighted by molar-refractivity contribution is 9.10. The molecular weight excluding hydrogens is 316 g/mol. The number of thioether (sulfide) groups is 1. The van der Waals surface area contributed by atoms with Gasteiger partial charge in [-0.15, -0.1) is 22.0 Å². The van der Waals surface area contributed by atoms with E-state index in [1.54, 1.807) is 18.8 Å². The monoisotopic (exact) mass is 328 g/mol. The largest absolute Gasteiger partial charge is 0.392 e. The van der Waals surface area contributed by atoms with Crippen molar-refractivity contribution >= 4 is 27.7 Å². The molecule has 18 heavy (non-hydrogen) atoms. The number of rotatable bonds is 5. The summed E-state index contributed by atoms with van der Waals surface area (Å²) in [5.74, 6) is 1.18. The number of aliphatic hydroxyl groups excluding tert-OH is 1. The predicted octanol–water partition coefficient (Wildman–Crippen LogP) is 1.67. The number of hydrogen-bond acceptors (Lipinski definition) is 5. The van der Waals surface area contributed by atoms with E-state index in [0.29, 0.717) is 18.0 Å². The number of benzene rings is 1. The second kappa shape index (κ2) is 6.31. The highest BCUT2D eigenvalue weighted by Gasteiger charge is 2.10. The van der Waals surface area contributed by atoms with E-state index >= 15 is 0 Å². The first-order valence-electron chi connectivity index (χ1n) is 5.43. The van der Waals surface area contributed by atoms with Gasteiger partial charge in [0.15, 0.2) is 5.82 Å². The molecule has 1 heterocycles. The van der Waals surface area contributed by atoms with E-state index in [9.17, 15) is 5.11 Å². The van der Waals surface area contributed by atoms with Crippen LogP contribution in [-0.2, 0) is 13.5 Å². The van der Waals surface area contributed by atoms with E-state index in [0.717, 1.165) is 9.37 Å². The van der Waals surface area contributed by atoms with Crippen molar-refractivity contribution in [1.29, 1.82) is 0 Å². The van der Waals surface area contributed by atoms with Crippen LogP contribution in [0.15, 0.2) is 33.6 Å². The fourth-order valence-electron chi connectivity index (χ4n) is 1.42. The van der Waals surface area contributed by atoms with Gasteiger partial charge in [-0.1, -0.05) is 22.0 Å². The Bertz CT molecular complexity index is 519. The first kappa shape index (κ1) is 13.5. The topological polar surface area (TPSA) is 63.8 Å². The zero-order valence-corrected chi connectivity index (χ0v) is 12.2. The fraction of sp³-hybridized carbons (Fsp3) is 0.364. The van der Waals surface area contributed by atoms with Crippen LogP contribution in [0, 0.1) is 0 Å². The molecule has 7 heteroatoms. The van der Waals surface area contributed by atoms with Crippen molar-refractivity contribution in [3.05, 3.63) is 34.6 Å². The Kier molecular flexibility index (Phi) is 4.73. The minimum atomic E-state index is -0.474. The van der Waals surface area contributed by atoms with Crippen molar-refractivity contribution in [1.82, 2.24) is 20.2 Å². The summed E-state index contributed by atoms with van der Waals surface area (Å²) in [7, 11) is 1.71. The number of aryl methyl sites for hydroxylation is 1. The molecule has 0 saturated heterocycles. The van der Waals surface area contributed by atoms with Gasteiger partial charge in [-0.2, -0.15) is 4.80 Å². The Morgan fingerprint density at radius 2 is 2.33 bits per heavy atom. The number of aliphatic hydroxyl groups is 1. The second-order valence-corrected chi connectivity index (χ2v) is 5.83. The summed E-state index contributed by atoms with van der Waals surface area (Å²) in [5.41, 5.74) is 0. The second-order valence-electron chi connectivity index (χ2n) is 3.82. The van der Waals surface area contributed by atoms with Gasteiger partial charge in [-0.05, 0) is 23.4 Å². The highest BCUT2D eigenvalue weighted by Crippen LogP contribution is 2.22. The average molecular weight is 329 g/mol. The first-order valence-corrected chi connectivity index (χ1v) is 7.20. The van der Waals surface area contributed by atoms with Gasteiger partial charge in [-0.25, -0.2) is 0 Å². The summed E-state index contributed by atoms with van der Waals surface area (Å²) in [4.78, 5) is 2.51. The van der Waals surface area contributed by atoms with Crippen LogP contribution in [0.25, 0.3) is 0 Å². The van der Waals surface area contributed by atoms with Gasteiger partial charge in [0.1, 0.15) is 0 Å². The molecule has 0 bridgehead atoms. The van der Waals surface area contributed by atoms with Crippen LogP contribution < -0.4 is 0 Å². The smallest absolute Gasteiger partial charge is 0.177 e. The number of aromatic nitrogens is 4. The van der Waals surface area contributed by atoms with E-state index in [4.69, 9.17) is 0 Å². The Labute approximate surface area is 118 Å². The molecule has 0 saturated carbocycles. The molecule has 0 radical (unpaired) electrons. The molecule has 96 valence electrons. The van der Waals surface area contributed by atoms with Gasteiger partial charge in [0.05, 0.1) is 13.2 Å². The minimum Gasteiger partial charge on any atom is -0.392 e. The maximum absolute atomic E-state index is 9.89. The average Bonchev–Trinajstić information content (AvgIpc) is 2.72. The lowest BCUT2D eigenvalue weighted by atomic mass is 10.3. The SMILES string of the molecule is Cn1nnc(CC(O)CSc2cccc(Br)c2)n1. The van der Waals surface area contributed by atoms with Crippen LogP contribution in [0.4, 0.5) is 0 Å². The summed E-state index contributed by atoms with van der Waals surface area (Å²) in [6.45, 7) is 0. The molecule has 1 N–H and O–H groups in total. The molecule has 0 fully saturated rings. The Morgan fingerprint density at radius 3 is 3.00 bits per heavy atom. The lowest BCUT2D eigenvalue weighted by molar-refractivity contribution is 0.197. The normalized spacial score (nSPS) is 12.6. The van der Waals surface area contributed by atoms with Crippen LogP contribution in [-0.4, -0.2) is 37.2 Å². The zero-order valence-electron chi connectivity index (χ0n) is 9.82. The molecule has 0 aliphatic heterocycles. The summed E-state index contributed by atoms with van der Waals surface area (Å²) >= 11 is 5.02. The number of nitrogens with zero attached hydrogens (tertiary/aromatic N) is 4. The minimum absolute atomic E-state index is 0.425. The van der Waals surface area contributed by atoms with E-state index < -0.39 is 6.10 Å². The van der Waals surface area contributed by atoms with Crippen molar-refractivity contribution in [2.75, 3.05) is 5.75 Å². The predicted molar refractivity (Wildman–Crippen MR) is 73.4 cm³/mol. The van der Waals surface area contributed by atoms with Crippen LogP contribution in [0.5, 0.6) is 0 Å². The van der Waals surface area contributed by atoms with E-state index in [2.05, 4.69) is 31.3 Å². The molecular formula is C11H13BrN4OS. The third kappa shape index (κ3) is 4.08. The van der Waals surface area contributed by atoms with Crippen molar-refractivity contribution in [3.63, 3.8) is 0 Å². The molecule has 2 aromatic rings. The lowest BCUT2D eigenvalue weighted by Crippen LogP contribution is -2.14. The quantitative estimate of drug-likeness (QED) is 0.846. The molecule has 1 atom stereocenters. The van der Waals surface area contributed by atoms with Crippen molar-refractivity contribution in [3.8, 4) is 0 Å². The number of tetrazole rings is 1. The maximum Gasteiger partial charge on any atom is 0.177 e. The molecule has 1 aromatic heterocycles. The van der Waals surface area contributed by atoms with Gasteiger partial charge >= 0.3 is 0 Å². The third-order valence-electron chi connectivity index (χ3n) is 2.21. The third-order valence-corrected chi connectivity index (χ3v) is 3.84. The molecule has 5 nitrogen and oxygen atoms in total. The van der Waals surface area contributed by atoms with Gasteiger partial charge in [0, 0.05) is 21.5 Å². The van der Waals surface area contributed by atoms with Gasteiger partial charge in [0.25, 0.3) is 0 Å². The van der Waals surface area contributed by atoms with Crippen molar-refractivity contribution < 1.29 is 5.11 Å². The van der Waals surface area contributed by atoms with E-state index in [1.165, 1.54) is 4.80 Å². The van der Waals surface area contributed by atoms with Gasteiger partial charge in [0.2, 0.25) is 0 Å². The molecule has 0 spiro atoms. The fourth-order valence-corrected chi connectivity index (χ4v) is 2.86. The van der Waals surface area contributed by atoms with Crippen LogP contribution in [0.3, 0.4) is 0 Å². The summed E-state index contributed by atoms with van der Waals surface area (Å²) in [6, 6.07) is 7.99. The maximum atomic E-state index is 9.89. The lowest BCUT2D eigenvalue weighted by Gasteiger charge is -2.07. The Balaban J connectivity index is 1.83. The van der Waals surface area contributed by atoms with E-state index in [1.807, 2.05) is 24.3 Å². The summed E-state index contributed by atoms with van der Waals surface area (Å²) in [5, 5.41) is 21.5. The van der Waals surface area contributed by atoms with Crippen LogP contribution in [0.2, 0.25) is 0 Å². The zero-order chi connectivity index (χ0) is 13.0. The van der Waals surface area contributed by atoms with Gasteiger partial charge < -0.3 is 5.11 Å². The standard InChI is InChI=1S/C11H13BrN4OS/c1-16-14-11(13-15-16)6-9(17)7-18-10-4-2-3-8(12)5-10/h2-5,9,17H,6-7H2,1H3. The summed E-state index contributed by atoms with van der Waals surface area (Å²) < 4.78 is 1.04. The Hall–Kier alpha value is -0.920. The molecule has 1 unspecified atom stereocenters. The number of hydrogen-bond donors (Lipinski definition) is 1. The highest BCUT2D eigenvalue weighted by atomic mass is 79.9. The van der Waals surface area contributed by atoms with E-state index in [-0.39, 0.29) is 0 Å². The van der Waals surface area contributed by atoms with Crippen molar-refractivity contribution in [2.45, 2.75) is 17.4 Å². The summed E-state index contributed by atoms with van der Waals surface area (Å²) in [6.07, 6.45) is -0.0485. The first-order chi connectivity index (χ1) is 8.63. The van der Waals surface area contributed by atoms with Crippen LogP contribution >= 0.6 is 27.7 Å². The van der Waals surface area contributed by atoms with Gasteiger partial charge in [-0.3, -0.25) is 0 Å². The molecule has 0 aliphatic rings. The van der Waals surface area contributed by atoms with Crippen molar-refractivity contribution in [2.24, 2.45) is 7.05 Å².